The highest BCUT2D eigenvalue weighted by molar-refractivity contribution is 7.87. The lowest BCUT2D eigenvalue weighted by atomic mass is 10.0. The van der Waals surface area contributed by atoms with E-state index in [0.29, 0.717) is 10.6 Å². The first-order valence-electron chi connectivity index (χ1n) is 10.1. The number of aryl methyl sites for hydroxylation is 1. The molecule has 0 aliphatic heterocycles. The fourth-order valence-electron chi connectivity index (χ4n) is 2.88. The number of nitrogens with zero attached hydrogens (tertiary/aromatic N) is 1. The average molecular weight is 484 g/mol. The number of aromatic nitrogens is 1. The highest BCUT2D eigenvalue weighted by Gasteiger charge is 2.22. The Morgan fingerprint density at radius 3 is 2.50 bits per heavy atom. The van der Waals surface area contributed by atoms with Crippen LogP contribution in [0.3, 0.4) is 0 Å². The van der Waals surface area contributed by atoms with Crippen LogP contribution in [-0.2, 0) is 37.5 Å². The van der Waals surface area contributed by atoms with Gasteiger partial charge in [-0.05, 0) is 38.8 Å². The van der Waals surface area contributed by atoms with Crippen molar-refractivity contribution in [3.05, 3.63) is 45.9 Å². The van der Waals surface area contributed by atoms with E-state index in [4.69, 9.17) is 9.29 Å². The van der Waals surface area contributed by atoms with Crippen molar-refractivity contribution in [2.45, 2.75) is 65.0 Å². The van der Waals surface area contributed by atoms with Gasteiger partial charge in [-0.3, -0.25) is 18.9 Å². The Hall–Kier alpha value is -2.50. The molecule has 32 heavy (non-hydrogen) atoms. The summed E-state index contributed by atoms with van der Waals surface area (Å²) < 4.78 is 39.1. The molecule has 1 unspecified atom stereocenters. The van der Waals surface area contributed by atoms with E-state index < -0.39 is 27.9 Å². The van der Waals surface area contributed by atoms with E-state index in [2.05, 4.69) is 15.0 Å². The van der Waals surface area contributed by atoms with E-state index >= 15 is 0 Å². The fraction of sp³-hybridized carbons (Fsp3) is 0.476. The van der Waals surface area contributed by atoms with Crippen molar-refractivity contribution >= 4 is 39.2 Å². The second-order valence-electron chi connectivity index (χ2n) is 8.18. The maximum absolute atomic E-state index is 12.6. The molecule has 2 rings (SSSR count). The molecule has 0 fully saturated rings. The number of esters is 1. The first-order valence-corrected chi connectivity index (χ1v) is 12.5. The summed E-state index contributed by atoms with van der Waals surface area (Å²) in [6.07, 6.45) is 0.849. The quantitative estimate of drug-likeness (QED) is 0.348. The molecule has 1 aromatic heterocycles. The predicted molar refractivity (Wildman–Crippen MR) is 123 cm³/mol. The first-order chi connectivity index (χ1) is 14.9. The molecular formula is C21H29N3O6S2. The molecule has 1 atom stereocenters. The Morgan fingerprint density at radius 1 is 1.22 bits per heavy atom. The summed E-state index contributed by atoms with van der Waals surface area (Å²) in [5.74, 6) is -0.816. The zero-order valence-corrected chi connectivity index (χ0v) is 20.2. The number of para-hydroxylation sites is 1. The highest BCUT2D eigenvalue weighted by atomic mass is 32.2. The summed E-state index contributed by atoms with van der Waals surface area (Å²) in [6, 6.07) is 6.02. The van der Waals surface area contributed by atoms with Crippen LogP contribution >= 0.6 is 11.3 Å². The number of amides is 1. The second kappa shape index (κ2) is 10.9. The third kappa shape index (κ3) is 8.93. The number of hydrogen-bond donors (Lipinski definition) is 3. The van der Waals surface area contributed by atoms with Gasteiger partial charge in [0.2, 0.25) is 5.91 Å². The van der Waals surface area contributed by atoms with E-state index in [1.807, 2.05) is 12.3 Å². The van der Waals surface area contributed by atoms with Gasteiger partial charge in [0.1, 0.15) is 10.6 Å². The average Bonchev–Trinajstić information content (AvgIpc) is 3.14. The van der Waals surface area contributed by atoms with E-state index in [-0.39, 0.29) is 30.9 Å². The zero-order chi connectivity index (χ0) is 23.9. The standard InChI is InChI=1S/C21H29N3O6S2/c1-5-15-13-31-20(22-15)17(23-18(25)10-11-19(26)30-21(2,3)4)12-14-8-6-7-9-16(14)24-32(27,28)29/h6-9,13,17,24H,5,10-12H2,1-4H3,(H,23,25)(H,27,28,29). The van der Waals surface area contributed by atoms with Crippen LogP contribution in [0.25, 0.3) is 0 Å². The molecule has 11 heteroatoms. The minimum atomic E-state index is -4.46. The van der Waals surface area contributed by atoms with E-state index in [9.17, 15) is 18.0 Å². The Kier molecular flexibility index (Phi) is 8.76. The van der Waals surface area contributed by atoms with Gasteiger partial charge in [0.05, 0.1) is 23.8 Å². The van der Waals surface area contributed by atoms with Crippen molar-refractivity contribution in [1.29, 1.82) is 0 Å². The second-order valence-corrected chi connectivity index (χ2v) is 10.2. The van der Waals surface area contributed by atoms with Crippen LogP contribution in [0.2, 0.25) is 0 Å². The molecule has 2 aromatic rings. The molecule has 176 valence electrons. The van der Waals surface area contributed by atoms with Crippen LogP contribution in [0.15, 0.2) is 29.6 Å². The van der Waals surface area contributed by atoms with Gasteiger partial charge in [0.15, 0.2) is 0 Å². The van der Waals surface area contributed by atoms with Gasteiger partial charge in [-0.15, -0.1) is 11.3 Å². The highest BCUT2D eigenvalue weighted by Crippen LogP contribution is 2.27. The van der Waals surface area contributed by atoms with Crippen LogP contribution in [-0.4, -0.2) is 35.4 Å². The normalized spacial score (nSPS) is 12.8. The third-order valence-corrected chi connectivity index (χ3v) is 5.71. The van der Waals surface area contributed by atoms with Crippen LogP contribution in [0.5, 0.6) is 0 Å². The number of carbonyl (C=O) groups is 2. The topological polar surface area (TPSA) is 135 Å². The van der Waals surface area contributed by atoms with Crippen molar-refractivity contribution < 1.29 is 27.3 Å². The summed E-state index contributed by atoms with van der Waals surface area (Å²) in [7, 11) is -4.46. The number of rotatable bonds is 10. The van der Waals surface area contributed by atoms with E-state index in [1.54, 1.807) is 39.0 Å². The van der Waals surface area contributed by atoms with Gasteiger partial charge in [-0.2, -0.15) is 8.42 Å². The van der Waals surface area contributed by atoms with Gasteiger partial charge < -0.3 is 10.1 Å². The van der Waals surface area contributed by atoms with E-state index in [0.717, 1.165) is 12.1 Å². The molecule has 0 radical (unpaired) electrons. The van der Waals surface area contributed by atoms with Crippen LogP contribution in [0.1, 0.15) is 62.8 Å². The van der Waals surface area contributed by atoms with Gasteiger partial charge in [-0.1, -0.05) is 25.1 Å². The van der Waals surface area contributed by atoms with Crippen molar-refractivity contribution in [3.8, 4) is 0 Å². The largest absolute Gasteiger partial charge is 0.460 e. The molecule has 0 spiro atoms. The van der Waals surface area contributed by atoms with Crippen molar-refractivity contribution in [2.75, 3.05) is 4.72 Å². The maximum atomic E-state index is 12.6. The molecular weight excluding hydrogens is 454 g/mol. The summed E-state index contributed by atoms with van der Waals surface area (Å²) >= 11 is 1.39. The van der Waals surface area contributed by atoms with Gasteiger partial charge >= 0.3 is 16.3 Å². The summed E-state index contributed by atoms with van der Waals surface area (Å²) in [5.41, 5.74) is 1.02. The lowest BCUT2D eigenvalue weighted by Gasteiger charge is -2.20. The smallest absolute Gasteiger partial charge is 0.357 e. The molecule has 0 aliphatic carbocycles. The summed E-state index contributed by atoms with van der Waals surface area (Å²) in [5, 5.41) is 5.45. The van der Waals surface area contributed by atoms with Gasteiger partial charge in [-0.25, -0.2) is 4.98 Å². The van der Waals surface area contributed by atoms with Crippen molar-refractivity contribution in [3.63, 3.8) is 0 Å². The number of hydrogen-bond acceptors (Lipinski definition) is 7. The monoisotopic (exact) mass is 483 g/mol. The van der Waals surface area contributed by atoms with Crippen molar-refractivity contribution in [1.82, 2.24) is 10.3 Å². The number of anilines is 1. The Labute approximate surface area is 192 Å². The molecule has 0 aliphatic rings. The van der Waals surface area contributed by atoms with Gasteiger partial charge in [0.25, 0.3) is 0 Å². The molecule has 0 saturated heterocycles. The molecule has 9 nitrogen and oxygen atoms in total. The summed E-state index contributed by atoms with van der Waals surface area (Å²) in [4.78, 5) is 29.1. The first kappa shape index (κ1) is 25.8. The maximum Gasteiger partial charge on any atom is 0.357 e. The summed E-state index contributed by atoms with van der Waals surface area (Å²) in [6.45, 7) is 7.24. The lowest BCUT2D eigenvalue weighted by Crippen LogP contribution is -2.31. The number of ether oxygens (including phenoxy) is 1. The number of thiazole rings is 1. The third-order valence-electron chi connectivity index (χ3n) is 4.22. The van der Waals surface area contributed by atoms with Crippen LogP contribution < -0.4 is 10.0 Å². The lowest BCUT2D eigenvalue weighted by molar-refractivity contribution is -0.155. The van der Waals surface area contributed by atoms with Crippen molar-refractivity contribution in [2.24, 2.45) is 0 Å². The Balaban J connectivity index is 2.18. The SMILES string of the molecule is CCc1csc(C(Cc2ccccc2NS(=O)(=O)O)NC(=O)CCC(=O)OC(C)(C)C)n1. The number of nitrogens with one attached hydrogen (secondary N) is 2. The van der Waals surface area contributed by atoms with Gasteiger partial charge in [0, 0.05) is 18.2 Å². The number of carbonyl (C=O) groups excluding carboxylic acids is 2. The molecule has 0 saturated carbocycles. The zero-order valence-electron chi connectivity index (χ0n) is 18.5. The number of benzene rings is 1. The molecule has 1 aromatic carbocycles. The fourth-order valence-corrected chi connectivity index (χ4v) is 4.31. The molecule has 0 bridgehead atoms. The predicted octanol–water partition coefficient (Wildman–Crippen LogP) is 3.44. The molecule has 1 heterocycles. The molecule has 3 N–H and O–H groups in total. The minimum Gasteiger partial charge on any atom is -0.460 e. The van der Waals surface area contributed by atoms with Crippen LogP contribution in [0, 0.1) is 0 Å². The molecule has 1 amide bonds. The Bertz CT molecular complexity index is 1040. The Morgan fingerprint density at radius 2 is 1.91 bits per heavy atom. The minimum absolute atomic E-state index is 0.0532. The van der Waals surface area contributed by atoms with Crippen LogP contribution in [0.4, 0.5) is 5.69 Å². The van der Waals surface area contributed by atoms with E-state index in [1.165, 1.54) is 17.4 Å².